The molecular formula is C21H19N5. The van der Waals surface area contributed by atoms with E-state index in [0.29, 0.717) is 11.9 Å². The summed E-state index contributed by atoms with van der Waals surface area (Å²) >= 11 is 0. The summed E-state index contributed by atoms with van der Waals surface area (Å²) in [6.45, 7) is 2.27. The van der Waals surface area contributed by atoms with Crippen molar-refractivity contribution in [3.8, 4) is 5.82 Å². The van der Waals surface area contributed by atoms with Crippen molar-refractivity contribution in [2.45, 2.75) is 19.4 Å². The fourth-order valence-electron chi connectivity index (χ4n) is 3.85. The van der Waals surface area contributed by atoms with Crippen molar-refractivity contribution in [2.24, 2.45) is 5.92 Å². The van der Waals surface area contributed by atoms with Crippen molar-refractivity contribution in [1.29, 1.82) is 0 Å². The van der Waals surface area contributed by atoms with Crippen LogP contribution in [0.4, 0.5) is 5.95 Å². The number of hydrogen-bond donors (Lipinski definition) is 1. The minimum atomic E-state index is 0.237. The van der Waals surface area contributed by atoms with Gasteiger partial charge in [-0.3, -0.25) is 4.57 Å². The SMILES string of the molecule is CC1Cc2ccccc2C1Nc1nccc(-n2cnc3ccccc32)n1. The van der Waals surface area contributed by atoms with Crippen LogP contribution in [0.15, 0.2) is 67.1 Å². The van der Waals surface area contributed by atoms with Gasteiger partial charge in [-0.15, -0.1) is 0 Å². The lowest BCUT2D eigenvalue weighted by molar-refractivity contribution is 0.539. The van der Waals surface area contributed by atoms with Gasteiger partial charge in [-0.25, -0.2) is 9.97 Å². The zero-order valence-electron chi connectivity index (χ0n) is 14.5. The van der Waals surface area contributed by atoms with Crippen LogP contribution in [0.2, 0.25) is 0 Å². The van der Waals surface area contributed by atoms with Gasteiger partial charge in [0.25, 0.3) is 0 Å². The Kier molecular flexibility index (Phi) is 3.45. The Morgan fingerprint density at radius 2 is 1.85 bits per heavy atom. The molecule has 0 spiro atoms. The minimum absolute atomic E-state index is 0.237. The van der Waals surface area contributed by atoms with Gasteiger partial charge < -0.3 is 5.32 Å². The molecule has 1 aliphatic carbocycles. The number of nitrogens with zero attached hydrogens (tertiary/aromatic N) is 4. The zero-order chi connectivity index (χ0) is 17.5. The first-order chi connectivity index (χ1) is 12.8. The van der Waals surface area contributed by atoms with Crippen molar-refractivity contribution in [3.63, 3.8) is 0 Å². The van der Waals surface area contributed by atoms with E-state index in [9.17, 15) is 0 Å². The number of nitrogens with one attached hydrogen (secondary N) is 1. The van der Waals surface area contributed by atoms with Crippen molar-refractivity contribution in [3.05, 3.63) is 78.2 Å². The van der Waals surface area contributed by atoms with E-state index in [-0.39, 0.29) is 6.04 Å². The fourth-order valence-corrected chi connectivity index (χ4v) is 3.85. The third-order valence-corrected chi connectivity index (χ3v) is 5.13. The van der Waals surface area contributed by atoms with Crippen LogP contribution < -0.4 is 5.32 Å². The molecule has 5 nitrogen and oxygen atoms in total. The summed E-state index contributed by atoms with van der Waals surface area (Å²) in [6.07, 6.45) is 4.69. The molecule has 5 heteroatoms. The van der Waals surface area contributed by atoms with E-state index in [2.05, 4.69) is 46.5 Å². The predicted molar refractivity (Wildman–Crippen MR) is 102 cm³/mol. The van der Waals surface area contributed by atoms with E-state index in [1.54, 1.807) is 6.20 Å². The highest BCUT2D eigenvalue weighted by atomic mass is 15.2. The maximum Gasteiger partial charge on any atom is 0.225 e. The molecule has 0 radical (unpaired) electrons. The first-order valence-electron chi connectivity index (χ1n) is 8.89. The van der Waals surface area contributed by atoms with Crippen molar-refractivity contribution in [1.82, 2.24) is 19.5 Å². The lowest BCUT2D eigenvalue weighted by Gasteiger charge is -2.19. The minimum Gasteiger partial charge on any atom is -0.347 e. The summed E-state index contributed by atoms with van der Waals surface area (Å²) in [4.78, 5) is 13.6. The van der Waals surface area contributed by atoms with Crippen LogP contribution in [0.1, 0.15) is 24.1 Å². The van der Waals surface area contributed by atoms with Gasteiger partial charge in [0.15, 0.2) is 0 Å². The van der Waals surface area contributed by atoms with E-state index >= 15 is 0 Å². The molecule has 2 heterocycles. The Hall–Kier alpha value is -3.21. The summed E-state index contributed by atoms with van der Waals surface area (Å²) in [5.74, 6) is 1.97. The average Bonchev–Trinajstić information content (AvgIpc) is 3.24. The summed E-state index contributed by atoms with van der Waals surface area (Å²) in [5, 5.41) is 3.54. The van der Waals surface area contributed by atoms with Gasteiger partial charge in [0.05, 0.1) is 17.1 Å². The van der Waals surface area contributed by atoms with Gasteiger partial charge in [0, 0.05) is 6.20 Å². The molecule has 0 aliphatic heterocycles. The molecule has 0 saturated carbocycles. The topological polar surface area (TPSA) is 55.6 Å². The van der Waals surface area contributed by atoms with Crippen LogP contribution in [-0.4, -0.2) is 19.5 Å². The van der Waals surface area contributed by atoms with Gasteiger partial charge in [-0.1, -0.05) is 43.3 Å². The standard InChI is InChI=1S/C21H19N5/c1-14-12-15-6-2-3-7-16(15)20(14)25-21-22-11-10-19(24-21)26-13-23-17-8-4-5-9-18(17)26/h2-11,13-14,20H,12H2,1H3,(H,22,24,25). The number of imidazole rings is 1. The van der Waals surface area contributed by atoms with E-state index in [4.69, 9.17) is 4.98 Å². The van der Waals surface area contributed by atoms with Crippen molar-refractivity contribution in [2.75, 3.05) is 5.32 Å². The Morgan fingerprint density at radius 3 is 2.81 bits per heavy atom. The first-order valence-corrected chi connectivity index (χ1v) is 8.89. The molecule has 5 rings (SSSR count). The number of benzene rings is 2. The first kappa shape index (κ1) is 15.1. The molecule has 2 unspecified atom stereocenters. The van der Waals surface area contributed by atoms with Gasteiger partial charge in [0.2, 0.25) is 5.95 Å². The molecule has 1 N–H and O–H groups in total. The van der Waals surface area contributed by atoms with Gasteiger partial charge in [-0.2, -0.15) is 4.98 Å². The molecule has 0 bridgehead atoms. The highest BCUT2D eigenvalue weighted by Gasteiger charge is 2.29. The van der Waals surface area contributed by atoms with Crippen molar-refractivity contribution < 1.29 is 0 Å². The lowest BCUT2D eigenvalue weighted by atomic mass is 10.0. The van der Waals surface area contributed by atoms with Crippen molar-refractivity contribution >= 4 is 17.0 Å². The third kappa shape index (κ3) is 2.44. The highest BCUT2D eigenvalue weighted by molar-refractivity contribution is 5.76. The van der Waals surface area contributed by atoms with Crippen LogP contribution >= 0.6 is 0 Å². The number of para-hydroxylation sites is 2. The summed E-state index contributed by atoms with van der Waals surface area (Å²) < 4.78 is 1.99. The molecule has 26 heavy (non-hydrogen) atoms. The molecule has 0 amide bonds. The molecule has 2 aromatic carbocycles. The van der Waals surface area contributed by atoms with Crippen LogP contribution in [0.3, 0.4) is 0 Å². The van der Waals surface area contributed by atoms with Crippen LogP contribution in [-0.2, 0) is 6.42 Å². The second-order valence-electron chi connectivity index (χ2n) is 6.84. The van der Waals surface area contributed by atoms with E-state index in [1.807, 2.05) is 41.2 Å². The number of rotatable bonds is 3. The Balaban J connectivity index is 1.49. The van der Waals surface area contributed by atoms with E-state index < -0.39 is 0 Å². The Morgan fingerprint density at radius 1 is 1.00 bits per heavy atom. The lowest BCUT2D eigenvalue weighted by Crippen LogP contribution is -2.16. The molecule has 4 aromatic rings. The second-order valence-corrected chi connectivity index (χ2v) is 6.84. The second kappa shape index (κ2) is 5.95. The van der Waals surface area contributed by atoms with E-state index in [0.717, 1.165) is 23.3 Å². The number of aromatic nitrogens is 4. The van der Waals surface area contributed by atoms with E-state index in [1.165, 1.54) is 11.1 Å². The predicted octanol–water partition coefficient (Wildman–Crippen LogP) is 4.16. The zero-order valence-corrected chi connectivity index (χ0v) is 14.5. The Bertz CT molecular complexity index is 1080. The average molecular weight is 341 g/mol. The Labute approximate surface area is 151 Å². The monoisotopic (exact) mass is 341 g/mol. The fraction of sp³-hybridized carbons (Fsp3) is 0.190. The number of fused-ring (bicyclic) bond motifs is 2. The quantitative estimate of drug-likeness (QED) is 0.608. The number of anilines is 1. The smallest absolute Gasteiger partial charge is 0.225 e. The molecular weight excluding hydrogens is 322 g/mol. The highest BCUT2D eigenvalue weighted by Crippen LogP contribution is 2.37. The largest absolute Gasteiger partial charge is 0.347 e. The molecule has 2 aromatic heterocycles. The summed E-state index contributed by atoms with van der Waals surface area (Å²) in [6, 6.07) is 18.8. The summed E-state index contributed by atoms with van der Waals surface area (Å²) in [5.41, 5.74) is 4.76. The maximum absolute atomic E-state index is 4.74. The molecule has 1 aliphatic rings. The van der Waals surface area contributed by atoms with Crippen LogP contribution in [0, 0.1) is 5.92 Å². The van der Waals surface area contributed by atoms with Crippen LogP contribution in [0.25, 0.3) is 16.9 Å². The summed E-state index contributed by atoms with van der Waals surface area (Å²) in [7, 11) is 0. The maximum atomic E-state index is 4.74. The molecule has 128 valence electrons. The van der Waals surface area contributed by atoms with Crippen LogP contribution in [0.5, 0.6) is 0 Å². The number of hydrogen-bond acceptors (Lipinski definition) is 4. The van der Waals surface area contributed by atoms with Gasteiger partial charge in [0.1, 0.15) is 12.1 Å². The van der Waals surface area contributed by atoms with Gasteiger partial charge >= 0.3 is 0 Å². The van der Waals surface area contributed by atoms with Gasteiger partial charge in [-0.05, 0) is 41.7 Å². The molecule has 0 saturated heterocycles. The molecule has 2 atom stereocenters. The third-order valence-electron chi connectivity index (χ3n) is 5.13. The molecule has 0 fully saturated rings. The normalized spacial score (nSPS) is 18.8.